The Hall–Kier alpha value is -2.94. The predicted octanol–water partition coefficient (Wildman–Crippen LogP) is 3.83. The van der Waals surface area contributed by atoms with Gasteiger partial charge in [0.05, 0.1) is 12.6 Å². The summed E-state index contributed by atoms with van der Waals surface area (Å²) in [4.78, 5) is 4.64. The SMILES string of the molecule is Cc1ccccc1-c1n(-c2ccccc2)c2ncccc2[n+]1C. The number of benzene rings is 2. The Morgan fingerprint density at radius 2 is 1.61 bits per heavy atom. The molecule has 3 nitrogen and oxygen atoms in total. The van der Waals surface area contributed by atoms with Gasteiger partial charge in [0.1, 0.15) is 5.69 Å². The summed E-state index contributed by atoms with van der Waals surface area (Å²) in [6, 6.07) is 23.0. The van der Waals surface area contributed by atoms with Crippen molar-refractivity contribution in [1.82, 2.24) is 9.55 Å². The smallest absolute Gasteiger partial charge is 0.224 e. The van der Waals surface area contributed by atoms with Crippen molar-refractivity contribution in [3.05, 3.63) is 78.5 Å². The van der Waals surface area contributed by atoms with Crippen LogP contribution in [0.25, 0.3) is 28.2 Å². The molecule has 4 rings (SSSR count). The normalized spacial score (nSPS) is 11.0. The van der Waals surface area contributed by atoms with Crippen LogP contribution >= 0.6 is 0 Å². The van der Waals surface area contributed by atoms with Gasteiger partial charge in [-0.25, -0.2) is 9.55 Å². The summed E-state index contributed by atoms with van der Waals surface area (Å²) in [5.74, 6) is 1.14. The zero-order chi connectivity index (χ0) is 15.8. The van der Waals surface area contributed by atoms with E-state index in [9.17, 15) is 0 Å². The van der Waals surface area contributed by atoms with E-state index < -0.39 is 0 Å². The molecule has 0 atom stereocenters. The highest BCUT2D eigenvalue weighted by Gasteiger charge is 2.27. The molecule has 0 aliphatic rings. The quantitative estimate of drug-likeness (QED) is 0.516. The van der Waals surface area contributed by atoms with E-state index in [0.29, 0.717) is 0 Å². The highest BCUT2D eigenvalue weighted by atomic mass is 15.2. The van der Waals surface area contributed by atoms with Crippen LogP contribution in [0.4, 0.5) is 0 Å². The minimum absolute atomic E-state index is 0.972. The van der Waals surface area contributed by atoms with E-state index in [2.05, 4.69) is 82.7 Å². The number of hydrogen-bond acceptors (Lipinski definition) is 1. The van der Waals surface area contributed by atoms with Crippen molar-refractivity contribution in [3.63, 3.8) is 0 Å². The van der Waals surface area contributed by atoms with Crippen LogP contribution in [0, 0.1) is 6.92 Å². The maximum Gasteiger partial charge on any atom is 0.296 e. The molecule has 0 bridgehead atoms. The number of aromatic nitrogens is 3. The van der Waals surface area contributed by atoms with Gasteiger partial charge in [0, 0.05) is 6.20 Å². The molecule has 2 aromatic carbocycles. The van der Waals surface area contributed by atoms with Crippen LogP contribution in [0.5, 0.6) is 0 Å². The molecule has 0 aliphatic heterocycles. The largest absolute Gasteiger partial charge is 0.296 e. The summed E-state index contributed by atoms with van der Waals surface area (Å²) in [5.41, 5.74) is 5.68. The van der Waals surface area contributed by atoms with Crippen LogP contribution in [0.3, 0.4) is 0 Å². The molecule has 0 spiro atoms. The second-order valence-corrected chi connectivity index (χ2v) is 5.71. The zero-order valence-corrected chi connectivity index (χ0v) is 13.3. The monoisotopic (exact) mass is 300 g/mol. The molecule has 0 aliphatic carbocycles. The van der Waals surface area contributed by atoms with Crippen LogP contribution in [0.1, 0.15) is 5.56 Å². The van der Waals surface area contributed by atoms with E-state index in [0.717, 1.165) is 22.7 Å². The molecule has 0 saturated heterocycles. The maximum atomic E-state index is 4.64. The van der Waals surface area contributed by atoms with Gasteiger partial charge in [0.15, 0.2) is 5.52 Å². The Morgan fingerprint density at radius 1 is 0.870 bits per heavy atom. The van der Waals surface area contributed by atoms with Crippen LogP contribution in [0.2, 0.25) is 0 Å². The van der Waals surface area contributed by atoms with Gasteiger partial charge in [-0.05, 0) is 42.8 Å². The topological polar surface area (TPSA) is 21.7 Å². The van der Waals surface area contributed by atoms with Gasteiger partial charge < -0.3 is 0 Å². The van der Waals surface area contributed by atoms with E-state index >= 15 is 0 Å². The first-order valence-corrected chi connectivity index (χ1v) is 7.74. The molecule has 3 heteroatoms. The number of fused-ring (bicyclic) bond motifs is 1. The van der Waals surface area contributed by atoms with Crippen LogP contribution in [0.15, 0.2) is 72.9 Å². The average molecular weight is 300 g/mol. The van der Waals surface area contributed by atoms with Gasteiger partial charge in [-0.15, -0.1) is 0 Å². The molecule has 23 heavy (non-hydrogen) atoms. The predicted molar refractivity (Wildman–Crippen MR) is 92.4 cm³/mol. The maximum absolute atomic E-state index is 4.64. The number of pyridine rings is 1. The number of nitrogens with zero attached hydrogens (tertiary/aromatic N) is 3. The number of imidazole rings is 1. The van der Waals surface area contributed by atoms with Gasteiger partial charge in [0.2, 0.25) is 0 Å². The summed E-state index contributed by atoms with van der Waals surface area (Å²) < 4.78 is 4.45. The minimum atomic E-state index is 0.972. The summed E-state index contributed by atoms with van der Waals surface area (Å²) in [6.45, 7) is 2.15. The van der Waals surface area contributed by atoms with Gasteiger partial charge in [-0.1, -0.05) is 36.4 Å². The van der Waals surface area contributed by atoms with Gasteiger partial charge in [-0.3, -0.25) is 0 Å². The molecule has 2 heterocycles. The van der Waals surface area contributed by atoms with Crippen molar-refractivity contribution < 1.29 is 4.57 Å². The van der Waals surface area contributed by atoms with Crippen LogP contribution in [-0.4, -0.2) is 9.55 Å². The van der Waals surface area contributed by atoms with Crippen molar-refractivity contribution in [2.45, 2.75) is 6.92 Å². The van der Waals surface area contributed by atoms with Crippen molar-refractivity contribution in [2.75, 3.05) is 0 Å². The van der Waals surface area contributed by atoms with Gasteiger partial charge in [0.25, 0.3) is 11.5 Å². The Morgan fingerprint density at radius 3 is 2.39 bits per heavy atom. The average Bonchev–Trinajstić information content (AvgIpc) is 2.89. The first-order valence-electron chi connectivity index (χ1n) is 7.74. The zero-order valence-electron chi connectivity index (χ0n) is 13.3. The fourth-order valence-electron chi connectivity index (χ4n) is 3.13. The Balaban J connectivity index is 2.16. The third-order valence-electron chi connectivity index (χ3n) is 4.27. The summed E-state index contributed by atoms with van der Waals surface area (Å²) >= 11 is 0. The molecule has 0 N–H and O–H groups in total. The number of para-hydroxylation sites is 1. The number of aryl methyl sites for hydroxylation is 2. The highest BCUT2D eigenvalue weighted by molar-refractivity contribution is 5.76. The van der Waals surface area contributed by atoms with Crippen LogP contribution in [-0.2, 0) is 7.05 Å². The van der Waals surface area contributed by atoms with Crippen LogP contribution < -0.4 is 4.57 Å². The molecular weight excluding hydrogens is 282 g/mol. The summed E-state index contributed by atoms with van der Waals surface area (Å²) in [7, 11) is 2.10. The molecule has 0 fully saturated rings. The lowest BCUT2D eigenvalue weighted by Crippen LogP contribution is -2.30. The molecule has 0 unspecified atom stereocenters. The second kappa shape index (κ2) is 5.36. The fourth-order valence-corrected chi connectivity index (χ4v) is 3.13. The molecule has 0 amide bonds. The molecule has 4 aromatic rings. The van der Waals surface area contributed by atoms with E-state index in [1.54, 1.807) is 0 Å². The third kappa shape index (κ3) is 2.13. The second-order valence-electron chi connectivity index (χ2n) is 5.71. The van der Waals surface area contributed by atoms with Crippen molar-refractivity contribution in [2.24, 2.45) is 7.05 Å². The summed E-state index contributed by atoms with van der Waals surface area (Å²) in [5, 5.41) is 0. The third-order valence-corrected chi connectivity index (χ3v) is 4.27. The van der Waals surface area contributed by atoms with E-state index in [-0.39, 0.29) is 0 Å². The van der Waals surface area contributed by atoms with Crippen molar-refractivity contribution in [1.29, 1.82) is 0 Å². The lowest BCUT2D eigenvalue weighted by atomic mass is 10.1. The minimum Gasteiger partial charge on any atom is -0.224 e. The molecule has 112 valence electrons. The van der Waals surface area contributed by atoms with E-state index in [1.807, 2.05) is 18.3 Å². The molecule has 2 aromatic heterocycles. The molecule has 0 saturated carbocycles. The van der Waals surface area contributed by atoms with Gasteiger partial charge in [-0.2, -0.15) is 4.57 Å². The van der Waals surface area contributed by atoms with Crippen molar-refractivity contribution in [3.8, 4) is 17.1 Å². The first kappa shape index (κ1) is 13.7. The lowest BCUT2D eigenvalue weighted by Gasteiger charge is -2.05. The van der Waals surface area contributed by atoms with Crippen molar-refractivity contribution >= 4 is 11.2 Å². The lowest BCUT2D eigenvalue weighted by molar-refractivity contribution is -0.633. The fraction of sp³-hybridized carbons (Fsp3) is 0.100. The molecular formula is C20H18N3+. The number of rotatable bonds is 2. The van der Waals surface area contributed by atoms with E-state index in [1.165, 1.54) is 11.1 Å². The standard InChI is InChI=1S/C20H18N3/c1-15-9-6-7-12-17(15)20-22(2)18-13-8-14-21-19(18)23(20)16-10-4-3-5-11-16/h3-14H,1-2H3/q+1. The summed E-state index contributed by atoms with van der Waals surface area (Å²) in [6.07, 6.45) is 1.85. The Kier molecular flexibility index (Phi) is 3.19. The highest BCUT2D eigenvalue weighted by Crippen LogP contribution is 2.27. The Bertz CT molecular complexity index is 984. The van der Waals surface area contributed by atoms with Gasteiger partial charge >= 0.3 is 0 Å². The Labute approximate surface area is 135 Å². The molecule has 0 radical (unpaired) electrons. The van der Waals surface area contributed by atoms with E-state index in [4.69, 9.17) is 0 Å². The number of hydrogen-bond donors (Lipinski definition) is 0. The first-order chi connectivity index (χ1) is 11.3.